The first kappa shape index (κ1) is 16.2. The quantitative estimate of drug-likeness (QED) is 0.598. The molecule has 0 heterocycles. The van der Waals surface area contributed by atoms with Crippen LogP contribution in [0.5, 0.6) is 0 Å². The molecule has 0 saturated carbocycles. The van der Waals surface area contributed by atoms with E-state index in [1.54, 1.807) is 0 Å². The summed E-state index contributed by atoms with van der Waals surface area (Å²) >= 11 is 5.73. The van der Waals surface area contributed by atoms with E-state index in [1.165, 1.54) is 25.2 Å². The second-order valence-corrected chi connectivity index (χ2v) is 7.82. The molecule has 0 aliphatic heterocycles. The van der Waals surface area contributed by atoms with Gasteiger partial charge in [-0.2, -0.15) is 12.7 Å². The summed E-state index contributed by atoms with van der Waals surface area (Å²) in [6, 6.07) is 3.78. The van der Waals surface area contributed by atoms with E-state index in [0.29, 0.717) is 0 Å². The summed E-state index contributed by atoms with van der Waals surface area (Å²) in [5.41, 5.74) is 5.71. The highest BCUT2D eigenvalue weighted by molar-refractivity contribution is 7.89. The Morgan fingerprint density at radius 1 is 1.32 bits per heavy atom. The van der Waals surface area contributed by atoms with Crippen LogP contribution in [0.25, 0.3) is 0 Å². The molecule has 0 spiro atoms. The number of hydrogen-bond acceptors (Lipinski definition) is 5. The van der Waals surface area contributed by atoms with Gasteiger partial charge in [-0.05, 0) is 18.2 Å². The number of anilines is 1. The lowest BCUT2D eigenvalue weighted by Gasteiger charge is -2.16. The molecule has 0 aliphatic rings. The predicted molar refractivity (Wildman–Crippen MR) is 72.1 cm³/mol. The lowest BCUT2D eigenvalue weighted by molar-refractivity contribution is 0.459. The topological polar surface area (TPSA) is 118 Å². The second kappa shape index (κ2) is 5.63. The lowest BCUT2D eigenvalue weighted by atomic mass is 10.3. The summed E-state index contributed by atoms with van der Waals surface area (Å²) in [6.07, 6.45) is 0. The molecule has 3 N–H and O–H groups in total. The summed E-state index contributed by atoms with van der Waals surface area (Å²) < 4.78 is 54.7. The molecule has 0 bridgehead atoms. The molecule has 10 heteroatoms. The fourth-order valence-electron chi connectivity index (χ4n) is 1.21. The zero-order valence-electron chi connectivity index (χ0n) is 9.95. The first-order valence-electron chi connectivity index (χ1n) is 5.00. The van der Waals surface area contributed by atoms with E-state index < -0.39 is 25.9 Å². The monoisotopic (exact) mass is 328 g/mol. The summed E-state index contributed by atoms with van der Waals surface area (Å²) in [7, 11) is -6.91. The Kier molecular flexibility index (Phi) is 4.80. The van der Waals surface area contributed by atoms with Crippen LogP contribution in [0, 0.1) is 0 Å². The number of halogens is 1. The Balaban J connectivity index is 3.00. The van der Waals surface area contributed by atoms with Crippen LogP contribution >= 0.6 is 11.6 Å². The average Bonchev–Trinajstić information content (AvgIpc) is 2.28. The molecule has 7 nitrogen and oxygen atoms in total. The fourth-order valence-corrected chi connectivity index (χ4v) is 3.28. The fraction of sp³-hybridized carbons (Fsp3) is 0.333. The molecular formula is C9H13ClN2O5S2. The van der Waals surface area contributed by atoms with Gasteiger partial charge in [-0.1, -0.05) is 11.6 Å². The van der Waals surface area contributed by atoms with Gasteiger partial charge in [-0.15, -0.1) is 0 Å². The van der Waals surface area contributed by atoms with E-state index in [1.807, 2.05) is 0 Å². The predicted octanol–water partition coefficient (Wildman–Crippen LogP) is 0.431. The lowest BCUT2D eigenvalue weighted by Crippen LogP contribution is -2.31. The van der Waals surface area contributed by atoms with Crippen molar-refractivity contribution in [2.75, 3.05) is 25.1 Å². The number of benzene rings is 1. The molecule has 0 radical (unpaired) electrons. The van der Waals surface area contributed by atoms with Crippen molar-refractivity contribution in [1.82, 2.24) is 4.31 Å². The van der Waals surface area contributed by atoms with Gasteiger partial charge in [0, 0.05) is 13.6 Å². The van der Waals surface area contributed by atoms with Crippen LogP contribution in [-0.2, 0) is 20.1 Å². The first-order chi connectivity index (χ1) is 8.54. The minimum Gasteiger partial charge on any atom is -0.398 e. The Labute approximate surface area is 116 Å². The van der Waals surface area contributed by atoms with E-state index >= 15 is 0 Å². The molecular weight excluding hydrogens is 316 g/mol. The summed E-state index contributed by atoms with van der Waals surface area (Å²) in [6.45, 7) is -0.372. The van der Waals surface area contributed by atoms with Crippen molar-refractivity contribution >= 4 is 37.4 Å². The molecule has 19 heavy (non-hydrogen) atoms. The SMILES string of the molecule is CN(CCS(=O)(=O)O)S(=O)(=O)c1ccc(N)c(Cl)c1. The Morgan fingerprint density at radius 2 is 1.89 bits per heavy atom. The van der Waals surface area contributed by atoms with Crippen molar-refractivity contribution in [2.45, 2.75) is 4.90 Å². The number of nitrogen functional groups attached to an aromatic ring is 1. The number of nitrogens with zero attached hydrogens (tertiary/aromatic N) is 1. The molecule has 1 aromatic rings. The van der Waals surface area contributed by atoms with E-state index in [-0.39, 0.29) is 22.2 Å². The smallest absolute Gasteiger partial charge is 0.266 e. The highest BCUT2D eigenvalue weighted by atomic mass is 35.5. The average molecular weight is 329 g/mol. The second-order valence-electron chi connectivity index (χ2n) is 3.80. The van der Waals surface area contributed by atoms with Crippen LogP contribution in [0.3, 0.4) is 0 Å². The van der Waals surface area contributed by atoms with Gasteiger partial charge in [-0.25, -0.2) is 8.42 Å². The zero-order chi connectivity index (χ0) is 14.8. The van der Waals surface area contributed by atoms with Crippen LogP contribution in [0.4, 0.5) is 5.69 Å². The van der Waals surface area contributed by atoms with E-state index in [0.717, 1.165) is 4.31 Å². The molecule has 0 amide bonds. The Morgan fingerprint density at radius 3 is 2.37 bits per heavy atom. The van der Waals surface area contributed by atoms with Crippen LogP contribution in [0.1, 0.15) is 0 Å². The third kappa shape index (κ3) is 4.32. The van der Waals surface area contributed by atoms with Crippen molar-refractivity contribution in [1.29, 1.82) is 0 Å². The largest absolute Gasteiger partial charge is 0.398 e. The van der Waals surface area contributed by atoms with Crippen molar-refractivity contribution in [3.8, 4) is 0 Å². The Hall–Kier alpha value is -0.870. The van der Waals surface area contributed by atoms with Gasteiger partial charge < -0.3 is 5.73 Å². The van der Waals surface area contributed by atoms with Crippen LogP contribution in [0.2, 0.25) is 5.02 Å². The summed E-state index contributed by atoms with van der Waals surface area (Å²) in [4.78, 5) is -0.107. The van der Waals surface area contributed by atoms with Gasteiger partial charge in [0.05, 0.1) is 21.4 Å². The van der Waals surface area contributed by atoms with Crippen molar-refractivity contribution < 1.29 is 21.4 Å². The standard InChI is InChI=1S/C9H13ClN2O5S2/c1-12(4-5-18(13,14)15)19(16,17)7-2-3-9(11)8(10)6-7/h2-3,6H,4-5,11H2,1H3,(H,13,14,15). The molecule has 0 atom stereocenters. The summed E-state index contributed by atoms with van der Waals surface area (Å²) in [5, 5.41) is 0.0873. The van der Waals surface area contributed by atoms with Gasteiger partial charge in [0.1, 0.15) is 0 Å². The minimum atomic E-state index is -4.23. The molecule has 0 aliphatic carbocycles. The van der Waals surface area contributed by atoms with Gasteiger partial charge in [0.2, 0.25) is 10.0 Å². The van der Waals surface area contributed by atoms with Gasteiger partial charge in [0.25, 0.3) is 10.1 Å². The normalized spacial score (nSPS) is 12.8. The van der Waals surface area contributed by atoms with E-state index in [9.17, 15) is 16.8 Å². The molecule has 0 saturated heterocycles. The van der Waals surface area contributed by atoms with E-state index in [2.05, 4.69) is 0 Å². The van der Waals surface area contributed by atoms with Gasteiger partial charge >= 0.3 is 0 Å². The maximum Gasteiger partial charge on any atom is 0.266 e. The van der Waals surface area contributed by atoms with E-state index in [4.69, 9.17) is 21.9 Å². The molecule has 108 valence electrons. The van der Waals surface area contributed by atoms with Gasteiger partial charge in [-0.3, -0.25) is 4.55 Å². The highest BCUT2D eigenvalue weighted by Crippen LogP contribution is 2.24. The number of hydrogen-bond donors (Lipinski definition) is 2. The zero-order valence-corrected chi connectivity index (χ0v) is 12.3. The van der Waals surface area contributed by atoms with Crippen LogP contribution < -0.4 is 5.73 Å². The van der Waals surface area contributed by atoms with Crippen molar-refractivity contribution in [2.24, 2.45) is 0 Å². The summed E-state index contributed by atoms with van der Waals surface area (Å²) in [5.74, 6) is -0.689. The number of sulfonamides is 1. The maximum atomic E-state index is 12.1. The van der Waals surface area contributed by atoms with Crippen molar-refractivity contribution in [3.63, 3.8) is 0 Å². The number of nitrogens with two attached hydrogens (primary N) is 1. The third-order valence-electron chi connectivity index (χ3n) is 2.34. The molecule has 0 unspecified atom stereocenters. The van der Waals surface area contributed by atoms with Crippen molar-refractivity contribution in [3.05, 3.63) is 23.2 Å². The third-order valence-corrected chi connectivity index (χ3v) is 5.22. The minimum absolute atomic E-state index is 0.0873. The first-order valence-corrected chi connectivity index (χ1v) is 8.43. The van der Waals surface area contributed by atoms with Crippen LogP contribution in [0.15, 0.2) is 23.1 Å². The highest BCUT2D eigenvalue weighted by Gasteiger charge is 2.22. The van der Waals surface area contributed by atoms with Gasteiger partial charge in [0.15, 0.2) is 0 Å². The maximum absolute atomic E-state index is 12.1. The molecule has 1 aromatic carbocycles. The van der Waals surface area contributed by atoms with Crippen LogP contribution in [-0.4, -0.2) is 45.0 Å². The number of rotatable bonds is 5. The Bertz CT molecular complexity index is 672. The molecule has 1 rings (SSSR count). The molecule has 0 fully saturated rings. The molecule has 0 aromatic heterocycles.